The normalized spacial score (nSPS) is 10.2. The van der Waals surface area contributed by atoms with E-state index in [1.165, 1.54) is 11.1 Å². The molecule has 2 aromatic carbocycles. The van der Waals surface area contributed by atoms with Gasteiger partial charge < -0.3 is 20.1 Å². The van der Waals surface area contributed by atoms with Crippen molar-refractivity contribution in [1.82, 2.24) is 10.6 Å². The summed E-state index contributed by atoms with van der Waals surface area (Å²) in [6, 6.07) is 16.4. The number of hydrogen-bond acceptors (Lipinski definition) is 3. The van der Waals surface area contributed by atoms with Crippen molar-refractivity contribution in [2.75, 3.05) is 26.8 Å². The third kappa shape index (κ3) is 6.63. The molecule has 0 fully saturated rings. The highest BCUT2D eigenvalue weighted by Gasteiger charge is 2.05. The van der Waals surface area contributed by atoms with Crippen LogP contribution < -0.4 is 20.1 Å². The van der Waals surface area contributed by atoms with Gasteiger partial charge in [-0.3, -0.25) is 0 Å². The zero-order valence-corrected chi connectivity index (χ0v) is 15.7. The van der Waals surface area contributed by atoms with Gasteiger partial charge in [0.1, 0.15) is 0 Å². The summed E-state index contributed by atoms with van der Waals surface area (Å²) < 4.78 is 10.9. The topological polar surface area (TPSA) is 42.5 Å². The van der Waals surface area contributed by atoms with Crippen molar-refractivity contribution >= 4 is 17.3 Å². The Balaban J connectivity index is 1.70. The third-order valence-corrected chi connectivity index (χ3v) is 4.06. The molecule has 5 heteroatoms. The number of methoxy groups -OCH3 is 1. The van der Waals surface area contributed by atoms with Crippen LogP contribution in [0.3, 0.4) is 0 Å². The molecule has 0 aliphatic heterocycles. The summed E-state index contributed by atoms with van der Waals surface area (Å²) in [5, 5.41) is 7.17. The van der Waals surface area contributed by atoms with E-state index in [1.807, 2.05) is 25.1 Å². The maximum Gasteiger partial charge on any atom is 0.166 e. The number of ether oxygens (including phenoxy) is 2. The van der Waals surface area contributed by atoms with Gasteiger partial charge in [0, 0.05) is 13.1 Å². The molecule has 0 aromatic heterocycles. The van der Waals surface area contributed by atoms with Gasteiger partial charge in [-0.05, 0) is 55.2 Å². The van der Waals surface area contributed by atoms with E-state index >= 15 is 0 Å². The maximum absolute atomic E-state index is 5.53. The molecule has 0 aliphatic carbocycles. The summed E-state index contributed by atoms with van der Waals surface area (Å²) in [4.78, 5) is 0. The van der Waals surface area contributed by atoms with Crippen molar-refractivity contribution in [3.63, 3.8) is 0 Å². The number of benzene rings is 2. The lowest BCUT2D eigenvalue weighted by molar-refractivity contribution is 0.310. The molecular formula is C20H26N2O2S. The van der Waals surface area contributed by atoms with Crippen LogP contribution in [0.25, 0.3) is 0 Å². The molecular weight excluding hydrogens is 332 g/mol. The third-order valence-electron chi connectivity index (χ3n) is 3.77. The zero-order chi connectivity index (χ0) is 17.9. The second-order valence-corrected chi connectivity index (χ2v) is 5.99. The smallest absolute Gasteiger partial charge is 0.166 e. The van der Waals surface area contributed by atoms with Crippen LogP contribution in [-0.2, 0) is 12.8 Å². The Morgan fingerprint density at radius 2 is 1.60 bits per heavy atom. The summed E-state index contributed by atoms with van der Waals surface area (Å²) in [7, 11) is 1.66. The Kier molecular flexibility index (Phi) is 8.05. The van der Waals surface area contributed by atoms with Crippen LogP contribution in [0.4, 0.5) is 0 Å². The van der Waals surface area contributed by atoms with Gasteiger partial charge in [-0.15, -0.1) is 0 Å². The molecule has 0 heterocycles. The predicted molar refractivity (Wildman–Crippen MR) is 107 cm³/mol. The van der Waals surface area contributed by atoms with Crippen LogP contribution in [0, 0.1) is 0 Å². The number of hydrogen-bond donors (Lipinski definition) is 2. The van der Waals surface area contributed by atoms with Crippen molar-refractivity contribution in [3.05, 3.63) is 59.7 Å². The Morgan fingerprint density at radius 3 is 2.24 bits per heavy atom. The average molecular weight is 359 g/mol. The molecule has 0 unspecified atom stereocenters. The highest BCUT2D eigenvalue weighted by Crippen LogP contribution is 2.28. The zero-order valence-electron chi connectivity index (χ0n) is 14.9. The fourth-order valence-corrected chi connectivity index (χ4v) is 2.69. The molecule has 25 heavy (non-hydrogen) atoms. The van der Waals surface area contributed by atoms with E-state index in [9.17, 15) is 0 Å². The van der Waals surface area contributed by atoms with Gasteiger partial charge in [-0.25, -0.2) is 0 Å². The van der Waals surface area contributed by atoms with Gasteiger partial charge >= 0.3 is 0 Å². The van der Waals surface area contributed by atoms with Crippen LogP contribution >= 0.6 is 12.2 Å². The van der Waals surface area contributed by atoms with E-state index in [-0.39, 0.29) is 0 Å². The van der Waals surface area contributed by atoms with Gasteiger partial charge in [0.25, 0.3) is 0 Å². The molecule has 4 nitrogen and oxygen atoms in total. The Morgan fingerprint density at radius 1 is 0.920 bits per heavy atom. The minimum Gasteiger partial charge on any atom is -0.493 e. The predicted octanol–water partition coefficient (Wildman–Crippen LogP) is 3.34. The van der Waals surface area contributed by atoms with E-state index in [2.05, 4.69) is 41.0 Å². The van der Waals surface area contributed by atoms with Gasteiger partial charge in [-0.2, -0.15) is 0 Å². The first-order chi connectivity index (χ1) is 12.2. The van der Waals surface area contributed by atoms with Crippen LogP contribution in [0.1, 0.15) is 18.1 Å². The molecule has 0 radical (unpaired) electrons. The molecule has 2 aromatic rings. The first-order valence-corrected chi connectivity index (χ1v) is 8.99. The number of nitrogens with one attached hydrogen (secondary N) is 2. The highest BCUT2D eigenvalue weighted by molar-refractivity contribution is 7.80. The lowest BCUT2D eigenvalue weighted by Gasteiger charge is -2.12. The van der Waals surface area contributed by atoms with E-state index in [4.69, 9.17) is 21.7 Å². The lowest BCUT2D eigenvalue weighted by Crippen LogP contribution is -2.37. The average Bonchev–Trinajstić information content (AvgIpc) is 2.64. The summed E-state index contributed by atoms with van der Waals surface area (Å²) in [5.74, 6) is 1.54. The monoisotopic (exact) mass is 358 g/mol. The first-order valence-electron chi connectivity index (χ1n) is 8.58. The fraction of sp³-hybridized carbons (Fsp3) is 0.350. The minimum atomic E-state index is 0.625. The van der Waals surface area contributed by atoms with Gasteiger partial charge in [-0.1, -0.05) is 36.4 Å². The van der Waals surface area contributed by atoms with Crippen molar-refractivity contribution in [3.8, 4) is 11.5 Å². The Bertz CT molecular complexity index is 662. The summed E-state index contributed by atoms with van der Waals surface area (Å²) in [6.45, 7) is 4.18. The second kappa shape index (κ2) is 10.6. The van der Waals surface area contributed by atoms with Gasteiger partial charge in [0.05, 0.1) is 13.7 Å². The Labute approximate surface area is 155 Å². The quantitative estimate of drug-likeness (QED) is 0.673. The van der Waals surface area contributed by atoms with Crippen molar-refractivity contribution in [2.24, 2.45) is 0 Å². The molecule has 0 atom stereocenters. The largest absolute Gasteiger partial charge is 0.493 e. The van der Waals surface area contributed by atoms with Crippen LogP contribution in [0.2, 0.25) is 0 Å². The molecule has 0 amide bonds. The summed E-state index contributed by atoms with van der Waals surface area (Å²) in [5.41, 5.74) is 2.49. The molecule has 134 valence electrons. The molecule has 0 saturated carbocycles. The van der Waals surface area contributed by atoms with Crippen molar-refractivity contribution in [1.29, 1.82) is 0 Å². The first kappa shape index (κ1) is 19.1. The standard InChI is InChI=1S/C20H26N2O2S/c1-3-24-18-10-9-17(15-19(18)23-2)12-14-22-20(25)21-13-11-16-7-5-4-6-8-16/h4-10,15H,3,11-14H2,1-2H3,(H2,21,22,25). The molecule has 2 N–H and O–H groups in total. The van der Waals surface area contributed by atoms with Crippen LogP contribution in [0.5, 0.6) is 11.5 Å². The highest BCUT2D eigenvalue weighted by atomic mass is 32.1. The number of rotatable bonds is 9. The van der Waals surface area contributed by atoms with E-state index < -0.39 is 0 Å². The van der Waals surface area contributed by atoms with Crippen molar-refractivity contribution < 1.29 is 9.47 Å². The lowest BCUT2D eigenvalue weighted by atomic mass is 10.1. The van der Waals surface area contributed by atoms with Gasteiger partial charge in [0.2, 0.25) is 0 Å². The van der Waals surface area contributed by atoms with E-state index in [1.54, 1.807) is 7.11 Å². The fourth-order valence-electron chi connectivity index (χ4n) is 2.49. The van der Waals surface area contributed by atoms with Crippen LogP contribution in [-0.4, -0.2) is 31.9 Å². The maximum atomic E-state index is 5.53. The molecule has 0 bridgehead atoms. The molecule has 0 aliphatic rings. The summed E-state index contributed by atoms with van der Waals surface area (Å²) >= 11 is 5.32. The van der Waals surface area contributed by atoms with E-state index in [0.29, 0.717) is 11.7 Å². The molecule has 2 rings (SSSR count). The Hall–Kier alpha value is -2.27. The van der Waals surface area contributed by atoms with Gasteiger partial charge in [0.15, 0.2) is 16.6 Å². The SMILES string of the molecule is CCOc1ccc(CCNC(=S)NCCc2ccccc2)cc1OC. The second-order valence-electron chi connectivity index (χ2n) is 5.59. The van der Waals surface area contributed by atoms with Crippen LogP contribution in [0.15, 0.2) is 48.5 Å². The minimum absolute atomic E-state index is 0.625. The van der Waals surface area contributed by atoms with E-state index in [0.717, 1.165) is 37.4 Å². The summed E-state index contributed by atoms with van der Waals surface area (Å²) in [6.07, 6.45) is 1.82. The molecule has 0 saturated heterocycles. The van der Waals surface area contributed by atoms with Crippen molar-refractivity contribution in [2.45, 2.75) is 19.8 Å². The molecule has 0 spiro atoms. The number of thiocarbonyl (C=S) groups is 1.